The van der Waals surface area contributed by atoms with Crippen LogP contribution in [0.2, 0.25) is 0 Å². The fourth-order valence-corrected chi connectivity index (χ4v) is 7.33. The number of benzene rings is 1. The molecule has 1 saturated carbocycles. The maximum atomic E-state index is 13.4. The molecule has 0 saturated heterocycles. The number of aryl methyl sites for hydroxylation is 2. The molecule has 1 aliphatic carbocycles. The molecule has 11 nitrogen and oxygen atoms in total. The van der Waals surface area contributed by atoms with Crippen molar-refractivity contribution >= 4 is 22.4 Å². The summed E-state index contributed by atoms with van der Waals surface area (Å²) in [5.74, 6) is -3.02. The number of carbonyl (C=O) groups is 1. The number of alkyl halides is 3. The molecule has 1 unspecified atom stereocenters. The van der Waals surface area contributed by atoms with Crippen molar-refractivity contribution < 1.29 is 36.9 Å². The maximum absolute atomic E-state index is 13.4. The van der Waals surface area contributed by atoms with Crippen LogP contribution < -0.4 is 4.74 Å². The van der Waals surface area contributed by atoms with E-state index in [9.17, 15) is 37.4 Å². The summed E-state index contributed by atoms with van der Waals surface area (Å²) < 4.78 is 71.8. The summed E-state index contributed by atoms with van der Waals surface area (Å²) in [7, 11) is -3.61. The minimum absolute atomic E-state index is 0.0603. The van der Waals surface area contributed by atoms with E-state index in [0.717, 1.165) is 10.6 Å². The van der Waals surface area contributed by atoms with E-state index >= 15 is 0 Å². The molecule has 0 amide bonds. The van der Waals surface area contributed by atoms with Crippen LogP contribution in [0.5, 0.6) is 5.88 Å². The number of fused-ring (bicyclic) bond motifs is 2. The summed E-state index contributed by atoms with van der Waals surface area (Å²) in [4.78, 5) is 16.5. The zero-order valence-corrected chi connectivity index (χ0v) is 24.4. The van der Waals surface area contributed by atoms with Crippen LogP contribution in [0.1, 0.15) is 64.4 Å². The summed E-state index contributed by atoms with van der Waals surface area (Å²) in [6.07, 6.45) is -1.03. The first-order valence-corrected chi connectivity index (χ1v) is 15.1. The van der Waals surface area contributed by atoms with Crippen LogP contribution in [0.15, 0.2) is 47.6 Å². The highest BCUT2D eigenvalue weighted by Crippen LogP contribution is 2.61. The van der Waals surface area contributed by atoms with Gasteiger partial charge in [-0.05, 0) is 72.7 Å². The van der Waals surface area contributed by atoms with Gasteiger partial charge in [-0.1, -0.05) is 12.1 Å². The van der Waals surface area contributed by atoms with Gasteiger partial charge in [0.15, 0.2) is 5.65 Å². The van der Waals surface area contributed by atoms with E-state index in [1.807, 2.05) is 0 Å². The Balaban J connectivity index is 1.42. The van der Waals surface area contributed by atoms with Crippen molar-refractivity contribution in [2.45, 2.75) is 62.2 Å². The van der Waals surface area contributed by atoms with Crippen LogP contribution >= 0.6 is 10.8 Å². The maximum Gasteiger partial charge on any atom is 0.452 e. The van der Waals surface area contributed by atoms with Gasteiger partial charge < -0.3 is 9.84 Å². The molecule has 0 bridgehead atoms. The predicted octanol–water partition coefficient (Wildman–Crippen LogP) is 5.69. The predicted molar refractivity (Wildman–Crippen MR) is 151 cm³/mol. The number of aromatic nitrogens is 4. The molecular weight excluding hydrogens is 601 g/mol. The van der Waals surface area contributed by atoms with Crippen LogP contribution in [0.3, 0.4) is 0 Å². The lowest BCUT2D eigenvalue weighted by atomic mass is 9.85. The van der Waals surface area contributed by atoms with Gasteiger partial charge in [0.2, 0.25) is 11.7 Å². The number of halogens is 3. The lowest BCUT2D eigenvalue weighted by Gasteiger charge is -2.42. The minimum atomic E-state index is -4.74. The Morgan fingerprint density at radius 3 is 2.61 bits per heavy atom. The van der Waals surface area contributed by atoms with E-state index in [-0.39, 0.29) is 35.1 Å². The number of hydrogen-bond acceptors (Lipinski definition) is 9. The third-order valence-corrected chi connectivity index (χ3v) is 9.93. The largest absolute Gasteiger partial charge is 0.481 e. The van der Waals surface area contributed by atoms with Gasteiger partial charge in [-0.25, -0.2) is 4.98 Å². The Labute approximate surface area is 251 Å². The molecule has 1 fully saturated rings. The first-order valence-electron chi connectivity index (χ1n) is 13.6. The summed E-state index contributed by atoms with van der Waals surface area (Å²) in [5, 5.41) is 26.8. The molecule has 1 aliphatic heterocycles. The molecule has 0 radical (unpaired) electrons. The molecule has 6 rings (SSSR count). The number of nitrogens with zero attached hydrogens (tertiary/aromatic N) is 6. The molecule has 4 aromatic rings. The van der Waals surface area contributed by atoms with Crippen LogP contribution in [0, 0.1) is 25.2 Å². The fraction of sp³-hybridized carbons (Fsp3) is 0.345. The molecule has 3 aromatic heterocycles. The van der Waals surface area contributed by atoms with E-state index in [2.05, 4.69) is 21.3 Å². The van der Waals surface area contributed by atoms with Gasteiger partial charge >= 0.3 is 12.1 Å². The number of carboxylic acid groups (broad SMARTS) is 1. The van der Waals surface area contributed by atoms with Crippen LogP contribution in [-0.2, 0) is 17.5 Å². The normalized spacial score (nSPS) is 18.6. The summed E-state index contributed by atoms with van der Waals surface area (Å²) in [6, 6.07) is 9.91. The molecule has 1 atom stereocenters. The van der Waals surface area contributed by atoms with Crippen LogP contribution in [0.25, 0.3) is 5.65 Å². The molecule has 1 spiro atoms. The van der Waals surface area contributed by atoms with Gasteiger partial charge in [-0.15, -0.1) is 21.0 Å². The molecule has 3 N–H and O–H groups in total. The highest BCUT2D eigenvalue weighted by molar-refractivity contribution is 8.22. The van der Waals surface area contributed by atoms with E-state index in [4.69, 9.17) is 4.74 Å². The first kappa shape index (κ1) is 29.8. The zero-order valence-electron chi connectivity index (χ0n) is 23.5. The standard InChI is InChI=1S/C29H27F3N6O5S/c1-16-9-23-26(34-13-16)43-28(6-7-28)15-37(44(23,41)42)14-20-10-18(3-4-19(20)12-33)22(11-24(39)40)21-5-8-38-25(17(21)2)35-36-27(38)29(30,31)32/h3-5,8-10,13,22,41-42H,6-7,11,14-15H2,1-2H3,(H,39,40). The van der Waals surface area contributed by atoms with Crippen molar-refractivity contribution in [1.82, 2.24) is 23.9 Å². The molecule has 1 aromatic carbocycles. The van der Waals surface area contributed by atoms with Crippen molar-refractivity contribution in [2.75, 3.05) is 6.54 Å². The van der Waals surface area contributed by atoms with Gasteiger partial charge in [0.25, 0.3) is 0 Å². The SMILES string of the molecule is Cc1cnc2c(c1)S(O)(O)N(Cc1cc(C(CC(=O)O)c3ccn4c(C(F)(F)F)nnc4c3C)ccc1C#N)CC1(CC1)O2. The highest BCUT2D eigenvalue weighted by atomic mass is 32.3. The van der Waals surface area contributed by atoms with Gasteiger partial charge in [0.05, 0.1) is 24.6 Å². The third kappa shape index (κ3) is 5.23. The fourth-order valence-electron chi connectivity index (χ4n) is 5.65. The van der Waals surface area contributed by atoms with E-state index in [0.29, 0.717) is 40.7 Å². The average Bonchev–Trinajstić information content (AvgIpc) is 3.57. The molecule has 230 valence electrons. The monoisotopic (exact) mass is 628 g/mol. The summed E-state index contributed by atoms with van der Waals surface area (Å²) in [5.41, 5.74) is 1.88. The van der Waals surface area contributed by atoms with Crippen LogP contribution in [0.4, 0.5) is 13.2 Å². The van der Waals surface area contributed by atoms with Gasteiger partial charge in [-0.3, -0.25) is 18.3 Å². The number of pyridine rings is 2. The number of rotatable bonds is 6. The number of aliphatic carboxylic acids is 1. The van der Waals surface area contributed by atoms with Crippen LogP contribution in [-0.4, -0.2) is 56.2 Å². The quantitative estimate of drug-likeness (QED) is 0.242. The van der Waals surface area contributed by atoms with E-state index in [1.165, 1.54) is 16.4 Å². The number of hydrogen-bond donors (Lipinski definition) is 3. The molecule has 15 heteroatoms. The zero-order chi connectivity index (χ0) is 31.6. The second kappa shape index (κ2) is 10.4. The molecule has 44 heavy (non-hydrogen) atoms. The van der Waals surface area contributed by atoms with Crippen molar-refractivity contribution in [3.8, 4) is 11.9 Å². The van der Waals surface area contributed by atoms with E-state index in [1.54, 1.807) is 38.2 Å². The third-order valence-electron chi connectivity index (χ3n) is 8.07. The van der Waals surface area contributed by atoms with Crippen molar-refractivity contribution in [1.29, 1.82) is 5.26 Å². The average molecular weight is 629 g/mol. The lowest BCUT2D eigenvalue weighted by molar-refractivity contribution is -0.145. The molecular formula is C29H27F3N6O5S. The Morgan fingerprint density at radius 1 is 1.20 bits per heavy atom. The van der Waals surface area contributed by atoms with Gasteiger partial charge in [0, 0.05) is 24.9 Å². The number of carboxylic acids is 1. The Kier molecular flexibility index (Phi) is 7.08. The van der Waals surface area contributed by atoms with Crippen molar-refractivity contribution in [3.63, 3.8) is 0 Å². The smallest absolute Gasteiger partial charge is 0.452 e. The molecule has 4 heterocycles. The van der Waals surface area contributed by atoms with Gasteiger partial charge in [0.1, 0.15) is 10.5 Å². The summed E-state index contributed by atoms with van der Waals surface area (Å²) in [6.45, 7) is 3.40. The first-order chi connectivity index (χ1) is 20.7. The Morgan fingerprint density at radius 2 is 1.95 bits per heavy atom. The van der Waals surface area contributed by atoms with Crippen molar-refractivity contribution in [2.24, 2.45) is 0 Å². The van der Waals surface area contributed by atoms with Crippen molar-refractivity contribution in [3.05, 3.63) is 81.9 Å². The van der Waals surface area contributed by atoms with E-state index < -0.39 is 46.7 Å². The second-order valence-corrected chi connectivity index (χ2v) is 13.2. The van der Waals surface area contributed by atoms with Gasteiger partial charge in [-0.2, -0.15) is 22.7 Å². The number of ether oxygens (including phenoxy) is 1. The minimum Gasteiger partial charge on any atom is -0.481 e. The number of nitriles is 1. The topological polar surface area (TPSA) is 157 Å². The molecule has 2 aliphatic rings. The summed E-state index contributed by atoms with van der Waals surface area (Å²) >= 11 is 0. The Bertz CT molecular complexity index is 1850. The Hall–Kier alpha value is -4.23. The highest BCUT2D eigenvalue weighted by Gasteiger charge is 2.52. The lowest BCUT2D eigenvalue weighted by Crippen LogP contribution is -2.36. The second-order valence-electron chi connectivity index (χ2n) is 11.2.